The van der Waals surface area contributed by atoms with E-state index in [4.69, 9.17) is 13.9 Å². The molecular weight excluding hydrogens is 464 g/mol. The molecule has 4 aromatic rings. The highest BCUT2D eigenvalue weighted by atomic mass is 32.2. The SMILES string of the molecule is C=CCn1c(SCC(=O)NC(c2ccc(OC)cc2)c2ccc(OC)cc2)nnc1-c1ccco1. The Bertz CT molecular complexity index is 1200. The summed E-state index contributed by atoms with van der Waals surface area (Å²) in [5.74, 6) is 2.72. The molecule has 1 amide bonds. The molecule has 0 saturated heterocycles. The van der Waals surface area contributed by atoms with Crippen LogP contribution in [0.4, 0.5) is 0 Å². The first-order valence-electron chi connectivity index (χ1n) is 10.9. The van der Waals surface area contributed by atoms with E-state index in [1.807, 2.05) is 59.2 Å². The Morgan fingerprint density at radius 2 is 1.69 bits per heavy atom. The molecule has 0 atom stereocenters. The molecule has 2 heterocycles. The molecule has 0 aliphatic heterocycles. The number of nitrogens with zero attached hydrogens (tertiary/aromatic N) is 3. The number of carbonyl (C=O) groups is 1. The van der Waals surface area contributed by atoms with Gasteiger partial charge in [-0.3, -0.25) is 9.36 Å². The molecule has 0 fully saturated rings. The minimum atomic E-state index is -0.343. The van der Waals surface area contributed by atoms with Gasteiger partial charge in [0.05, 0.1) is 32.3 Å². The third-order valence-electron chi connectivity index (χ3n) is 5.31. The predicted molar refractivity (Wildman–Crippen MR) is 135 cm³/mol. The largest absolute Gasteiger partial charge is 0.497 e. The number of hydrogen-bond acceptors (Lipinski definition) is 7. The number of amides is 1. The first-order valence-corrected chi connectivity index (χ1v) is 11.9. The lowest BCUT2D eigenvalue weighted by atomic mass is 9.98. The lowest BCUT2D eigenvalue weighted by molar-refractivity contribution is -0.119. The van der Waals surface area contributed by atoms with Gasteiger partial charge in [-0.1, -0.05) is 42.1 Å². The van der Waals surface area contributed by atoms with E-state index in [-0.39, 0.29) is 17.7 Å². The lowest BCUT2D eigenvalue weighted by Crippen LogP contribution is -2.30. The van der Waals surface area contributed by atoms with E-state index in [1.165, 1.54) is 11.8 Å². The summed E-state index contributed by atoms with van der Waals surface area (Å²) < 4.78 is 17.9. The van der Waals surface area contributed by atoms with Gasteiger partial charge in [-0.25, -0.2) is 0 Å². The van der Waals surface area contributed by atoms with Crippen molar-refractivity contribution in [1.82, 2.24) is 20.1 Å². The van der Waals surface area contributed by atoms with Crippen LogP contribution in [-0.2, 0) is 11.3 Å². The van der Waals surface area contributed by atoms with E-state index < -0.39 is 0 Å². The Morgan fingerprint density at radius 1 is 1.06 bits per heavy atom. The van der Waals surface area contributed by atoms with Gasteiger partial charge in [0.2, 0.25) is 11.7 Å². The van der Waals surface area contributed by atoms with Crippen molar-refractivity contribution < 1.29 is 18.7 Å². The Hall–Kier alpha value is -3.98. The average Bonchev–Trinajstić information content (AvgIpc) is 3.57. The molecule has 35 heavy (non-hydrogen) atoms. The minimum Gasteiger partial charge on any atom is -0.497 e. The van der Waals surface area contributed by atoms with E-state index in [0.717, 1.165) is 22.6 Å². The van der Waals surface area contributed by atoms with Gasteiger partial charge in [-0.2, -0.15) is 0 Å². The van der Waals surface area contributed by atoms with Gasteiger partial charge in [0, 0.05) is 6.54 Å². The molecule has 0 aliphatic carbocycles. The van der Waals surface area contributed by atoms with Crippen LogP contribution in [0.1, 0.15) is 17.2 Å². The number of aromatic nitrogens is 3. The molecule has 0 spiro atoms. The number of rotatable bonds is 11. The predicted octanol–water partition coefficient (Wildman–Crippen LogP) is 4.74. The van der Waals surface area contributed by atoms with Gasteiger partial charge in [0.25, 0.3) is 0 Å². The second-order valence-electron chi connectivity index (χ2n) is 7.52. The Morgan fingerprint density at radius 3 is 2.20 bits per heavy atom. The summed E-state index contributed by atoms with van der Waals surface area (Å²) in [6.07, 6.45) is 3.34. The molecule has 0 radical (unpaired) electrons. The van der Waals surface area contributed by atoms with Crippen molar-refractivity contribution in [2.24, 2.45) is 0 Å². The van der Waals surface area contributed by atoms with Crippen molar-refractivity contribution in [3.05, 3.63) is 90.7 Å². The lowest BCUT2D eigenvalue weighted by Gasteiger charge is -2.20. The van der Waals surface area contributed by atoms with Crippen molar-refractivity contribution in [2.75, 3.05) is 20.0 Å². The molecule has 8 nitrogen and oxygen atoms in total. The first kappa shape index (κ1) is 24.2. The summed E-state index contributed by atoms with van der Waals surface area (Å²) in [5.41, 5.74) is 1.87. The van der Waals surface area contributed by atoms with Gasteiger partial charge in [-0.05, 0) is 47.5 Å². The number of nitrogens with one attached hydrogen (secondary N) is 1. The molecular formula is C26H26N4O4S. The molecule has 2 aromatic carbocycles. The van der Waals surface area contributed by atoms with Crippen LogP contribution in [-0.4, -0.2) is 40.6 Å². The van der Waals surface area contributed by atoms with Gasteiger partial charge in [0.15, 0.2) is 10.9 Å². The summed E-state index contributed by atoms with van der Waals surface area (Å²) in [7, 11) is 3.24. The summed E-state index contributed by atoms with van der Waals surface area (Å²) in [6.45, 7) is 4.31. The third kappa shape index (κ3) is 5.75. The Kier molecular flexibility index (Phi) is 7.89. The number of benzene rings is 2. The number of ether oxygens (including phenoxy) is 2. The fourth-order valence-electron chi connectivity index (χ4n) is 3.56. The van der Waals surface area contributed by atoms with Crippen LogP contribution in [0, 0.1) is 0 Å². The van der Waals surface area contributed by atoms with Crippen molar-refractivity contribution in [3.8, 4) is 23.1 Å². The van der Waals surface area contributed by atoms with Crippen LogP contribution in [0.25, 0.3) is 11.6 Å². The molecule has 0 aliphatic rings. The van der Waals surface area contributed by atoms with Gasteiger partial charge >= 0.3 is 0 Å². The zero-order valence-corrected chi connectivity index (χ0v) is 20.3. The van der Waals surface area contributed by atoms with E-state index in [1.54, 1.807) is 32.6 Å². The van der Waals surface area contributed by atoms with Crippen molar-refractivity contribution in [2.45, 2.75) is 17.7 Å². The van der Waals surface area contributed by atoms with Crippen LogP contribution >= 0.6 is 11.8 Å². The number of hydrogen-bond donors (Lipinski definition) is 1. The number of carbonyl (C=O) groups excluding carboxylic acids is 1. The van der Waals surface area contributed by atoms with E-state index in [2.05, 4.69) is 22.1 Å². The minimum absolute atomic E-state index is 0.140. The van der Waals surface area contributed by atoms with E-state index >= 15 is 0 Å². The van der Waals surface area contributed by atoms with Gasteiger partial charge < -0.3 is 19.2 Å². The van der Waals surface area contributed by atoms with Crippen molar-refractivity contribution in [1.29, 1.82) is 0 Å². The highest BCUT2D eigenvalue weighted by Crippen LogP contribution is 2.27. The second kappa shape index (κ2) is 11.4. The molecule has 0 unspecified atom stereocenters. The zero-order valence-electron chi connectivity index (χ0n) is 19.5. The fraction of sp³-hybridized carbons (Fsp3) is 0.192. The Balaban J connectivity index is 1.51. The molecule has 4 rings (SSSR count). The summed E-state index contributed by atoms with van der Waals surface area (Å²) in [6, 6.07) is 18.5. The summed E-state index contributed by atoms with van der Waals surface area (Å²) in [5, 5.41) is 12.2. The van der Waals surface area contributed by atoms with Crippen LogP contribution in [0.3, 0.4) is 0 Å². The van der Waals surface area contributed by atoms with Crippen LogP contribution in [0.15, 0.2) is 89.2 Å². The fourth-order valence-corrected chi connectivity index (χ4v) is 4.32. The number of furan rings is 1. The summed E-state index contributed by atoms with van der Waals surface area (Å²) in [4.78, 5) is 13.0. The maximum atomic E-state index is 13.0. The number of allylic oxidation sites excluding steroid dienone is 1. The second-order valence-corrected chi connectivity index (χ2v) is 8.46. The quantitative estimate of drug-likeness (QED) is 0.240. The highest BCUT2D eigenvalue weighted by molar-refractivity contribution is 7.99. The van der Waals surface area contributed by atoms with E-state index in [9.17, 15) is 4.79 Å². The first-order chi connectivity index (χ1) is 17.1. The number of thioether (sulfide) groups is 1. The van der Waals surface area contributed by atoms with Crippen LogP contribution in [0.2, 0.25) is 0 Å². The number of methoxy groups -OCH3 is 2. The van der Waals surface area contributed by atoms with Crippen molar-refractivity contribution >= 4 is 17.7 Å². The van der Waals surface area contributed by atoms with Gasteiger partial charge in [-0.15, -0.1) is 16.8 Å². The Labute approximate surface area is 208 Å². The van der Waals surface area contributed by atoms with E-state index in [0.29, 0.717) is 23.3 Å². The standard InChI is InChI=1S/C26H26N4O4S/c1-4-15-30-25(22-6-5-16-34-22)28-29-26(30)35-17-23(31)27-24(18-7-11-20(32-2)12-8-18)19-9-13-21(33-3)14-10-19/h4-14,16,24H,1,15,17H2,2-3H3,(H,27,31). The topological polar surface area (TPSA) is 91.4 Å². The van der Waals surface area contributed by atoms with Crippen molar-refractivity contribution in [3.63, 3.8) is 0 Å². The maximum absolute atomic E-state index is 13.0. The molecule has 2 aromatic heterocycles. The van der Waals surface area contributed by atoms with Crippen LogP contribution < -0.4 is 14.8 Å². The molecule has 0 saturated carbocycles. The third-order valence-corrected chi connectivity index (χ3v) is 6.27. The molecule has 0 bridgehead atoms. The van der Waals surface area contributed by atoms with Gasteiger partial charge in [0.1, 0.15) is 11.5 Å². The smallest absolute Gasteiger partial charge is 0.231 e. The molecule has 1 N–H and O–H groups in total. The average molecular weight is 491 g/mol. The monoisotopic (exact) mass is 490 g/mol. The molecule has 180 valence electrons. The van der Waals surface area contributed by atoms with Crippen LogP contribution in [0.5, 0.6) is 11.5 Å². The highest BCUT2D eigenvalue weighted by Gasteiger charge is 2.20. The molecule has 9 heteroatoms. The summed E-state index contributed by atoms with van der Waals surface area (Å²) >= 11 is 1.31. The normalized spacial score (nSPS) is 10.8. The zero-order chi connectivity index (χ0) is 24.6. The maximum Gasteiger partial charge on any atom is 0.231 e.